The predicted octanol–water partition coefficient (Wildman–Crippen LogP) is 0.0809. The highest BCUT2D eigenvalue weighted by atomic mass is 16.8. The fraction of sp³-hybridized carbons (Fsp3) is 0.889. The van der Waals surface area contributed by atoms with Crippen molar-refractivity contribution in [2.45, 2.75) is 227 Å². The van der Waals surface area contributed by atoms with Gasteiger partial charge in [0.05, 0.1) is 38.6 Å². The summed E-state index contributed by atoms with van der Waals surface area (Å²) in [5, 5.41) is 119. The van der Waals surface area contributed by atoms with E-state index in [1.165, 1.54) is 51.4 Å². The number of hydrogen-bond acceptors (Lipinski definition) is 18. The summed E-state index contributed by atoms with van der Waals surface area (Å²) in [5.74, 6) is -0.294. The van der Waals surface area contributed by atoms with Crippen LogP contribution in [0.1, 0.15) is 123 Å². The third kappa shape index (κ3) is 18.1. The summed E-state index contributed by atoms with van der Waals surface area (Å²) in [6.07, 6.45) is -2.03. The molecule has 3 aliphatic rings. The molecule has 17 atom stereocenters. The topological polar surface area (TPSA) is 307 Å². The molecule has 0 aliphatic carbocycles. The minimum absolute atomic E-state index is 0.236. The zero-order valence-corrected chi connectivity index (χ0v) is 37.8. The first-order chi connectivity index (χ1) is 30.8. The number of carbonyl (C=O) groups excluding carboxylic acids is 1. The summed E-state index contributed by atoms with van der Waals surface area (Å²) in [7, 11) is 0. The molecule has 19 nitrogen and oxygen atoms in total. The zero-order chi connectivity index (χ0) is 47.0. The molecule has 3 fully saturated rings. The molecule has 19 heteroatoms. The van der Waals surface area contributed by atoms with Crippen molar-refractivity contribution in [1.82, 2.24) is 5.32 Å². The van der Waals surface area contributed by atoms with Crippen LogP contribution < -0.4 is 5.32 Å². The molecule has 3 heterocycles. The molecule has 374 valence electrons. The number of allylic oxidation sites excluding steroid dienone is 3. The van der Waals surface area contributed by atoms with Gasteiger partial charge in [-0.25, -0.2) is 0 Å². The second-order valence-electron chi connectivity index (χ2n) is 17.2. The zero-order valence-electron chi connectivity index (χ0n) is 37.8. The SMILES string of the molecule is CCCCCC/C=C/CC/C=C/C(O)C(COC1OC(CO)C(OC2OC(CO)C(OC3OC(CO)C(O)C(O)C3O)C(O)C2O)C(O)C1O)NC(=O)CCCCCCCCCCC. The molecule has 0 spiro atoms. The van der Waals surface area contributed by atoms with Crippen LogP contribution in [0.3, 0.4) is 0 Å². The fourth-order valence-electron chi connectivity index (χ4n) is 7.97. The van der Waals surface area contributed by atoms with Crippen LogP contribution in [0.25, 0.3) is 0 Å². The van der Waals surface area contributed by atoms with Gasteiger partial charge < -0.3 is 89.9 Å². The molecule has 17 unspecified atom stereocenters. The summed E-state index contributed by atoms with van der Waals surface area (Å²) in [5.41, 5.74) is 0. The smallest absolute Gasteiger partial charge is 0.220 e. The highest BCUT2D eigenvalue weighted by Gasteiger charge is 2.53. The van der Waals surface area contributed by atoms with Crippen molar-refractivity contribution in [3.63, 3.8) is 0 Å². The van der Waals surface area contributed by atoms with Gasteiger partial charge in [0, 0.05) is 6.42 Å². The minimum Gasteiger partial charge on any atom is -0.394 e. The Hall–Kier alpha value is -1.73. The molecule has 0 saturated carbocycles. The van der Waals surface area contributed by atoms with E-state index in [2.05, 4.69) is 31.3 Å². The highest BCUT2D eigenvalue weighted by Crippen LogP contribution is 2.33. The van der Waals surface area contributed by atoms with Crippen molar-refractivity contribution < 1.29 is 89.4 Å². The minimum atomic E-state index is -1.98. The second-order valence-corrected chi connectivity index (χ2v) is 17.2. The molecule has 64 heavy (non-hydrogen) atoms. The Morgan fingerprint density at radius 2 is 1.00 bits per heavy atom. The number of hydrogen-bond donors (Lipinski definition) is 12. The van der Waals surface area contributed by atoms with Crippen molar-refractivity contribution in [2.24, 2.45) is 0 Å². The second kappa shape index (κ2) is 31.3. The molecule has 3 rings (SSSR count). The van der Waals surface area contributed by atoms with Crippen LogP contribution in [-0.2, 0) is 33.2 Å². The van der Waals surface area contributed by atoms with Gasteiger partial charge in [0.2, 0.25) is 5.91 Å². The average molecular weight is 924 g/mol. The maximum atomic E-state index is 13.1. The first-order valence-electron chi connectivity index (χ1n) is 23.6. The van der Waals surface area contributed by atoms with Crippen molar-refractivity contribution in [3.8, 4) is 0 Å². The Kier molecular flexibility index (Phi) is 27.7. The maximum Gasteiger partial charge on any atom is 0.220 e. The maximum absolute atomic E-state index is 13.1. The lowest BCUT2D eigenvalue weighted by atomic mass is 9.96. The number of amides is 1. The van der Waals surface area contributed by atoms with Gasteiger partial charge in [0.25, 0.3) is 0 Å². The van der Waals surface area contributed by atoms with E-state index in [0.717, 1.165) is 38.5 Å². The number of ether oxygens (including phenoxy) is 6. The van der Waals surface area contributed by atoms with Crippen LogP contribution in [0.2, 0.25) is 0 Å². The molecule has 0 aromatic rings. The van der Waals surface area contributed by atoms with Gasteiger partial charge in [0.1, 0.15) is 73.2 Å². The Morgan fingerprint density at radius 3 is 1.56 bits per heavy atom. The van der Waals surface area contributed by atoms with Gasteiger partial charge in [-0.05, 0) is 32.1 Å². The van der Waals surface area contributed by atoms with E-state index in [-0.39, 0.29) is 18.9 Å². The Bertz CT molecular complexity index is 1290. The number of carbonyl (C=O) groups is 1. The summed E-state index contributed by atoms with van der Waals surface area (Å²) in [6, 6.07) is -0.980. The van der Waals surface area contributed by atoms with Gasteiger partial charge in [-0.1, -0.05) is 109 Å². The molecular weight excluding hydrogens is 842 g/mol. The first-order valence-corrected chi connectivity index (χ1v) is 23.6. The molecule has 1 amide bonds. The van der Waals surface area contributed by atoms with E-state index in [1.807, 2.05) is 6.08 Å². The van der Waals surface area contributed by atoms with Gasteiger partial charge in [-0.15, -0.1) is 0 Å². The first kappa shape index (κ1) is 56.6. The van der Waals surface area contributed by atoms with Gasteiger partial charge in [-0.3, -0.25) is 4.79 Å². The van der Waals surface area contributed by atoms with E-state index in [4.69, 9.17) is 28.4 Å². The van der Waals surface area contributed by atoms with Crippen molar-refractivity contribution in [1.29, 1.82) is 0 Å². The Balaban J connectivity index is 1.61. The fourth-order valence-corrected chi connectivity index (χ4v) is 7.97. The molecule has 0 radical (unpaired) electrons. The van der Waals surface area contributed by atoms with Crippen LogP contribution in [0.4, 0.5) is 0 Å². The summed E-state index contributed by atoms with van der Waals surface area (Å²) >= 11 is 0. The molecule has 12 N–H and O–H groups in total. The number of aliphatic hydroxyl groups excluding tert-OH is 11. The molecule has 0 aromatic carbocycles. The van der Waals surface area contributed by atoms with E-state index in [9.17, 15) is 61.0 Å². The number of rotatable bonds is 31. The van der Waals surface area contributed by atoms with Gasteiger partial charge in [0.15, 0.2) is 18.9 Å². The molecule has 3 saturated heterocycles. The standard InChI is InChI=1S/C45H81NO18/c1-3-5-7-9-11-13-15-16-18-20-22-29(50)28(46-33(51)23-21-19-17-14-12-10-8-6-4-2)27-59-43-39(57)36(54)41(31(25-48)61-43)64-45-40(58)37(55)42(32(26-49)62-45)63-44-38(56)35(53)34(52)30(24-47)60-44/h13,15,20,22,28-32,34-45,47-50,52-58H,3-12,14,16-19,21,23-27H2,1-2H3,(H,46,51)/b15-13+,22-20+. The third-order valence-corrected chi connectivity index (χ3v) is 12.0. The van der Waals surface area contributed by atoms with Crippen LogP contribution in [0.15, 0.2) is 24.3 Å². The molecule has 0 aromatic heterocycles. The summed E-state index contributed by atoms with van der Waals surface area (Å²) < 4.78 is 33.9. The third-order valence-electron chi connectivity index (χ3n) is 12.0. The lowest BCUT2D eigenvalue weighted by Gasteiger charge is -2.48. The predicted molar refractivity (Wildman–Crippen MR) is 231 cm³/mol. The van der Waals surface area contributed by atoms with Gasteiger partial charge >= 0.3 is 0 Å². The van der Waals surface area contributed by atoms with E-state index >= 15 is 0 Å². The number of aliphatic hydroxyl groups is 11. The quantitative estimate of drug-likeness (QED) is 0.0324. The van der Waals surface area contributed by atoms with Crippen LogP contribution >= 0.6 is 0 Å². The summed E-state index contributed by atoms with van der Waals surface area (Å²) in [4.78, 5) is 13.1. The lowest BCUT2D eigenvalue weighted by Crippen LogP contribution is -2.66. The highest BCUT2D eigenvalue weighted by molar-refractivity contribution is 5.76. The normalized spacial score (nSPS) is 34.7. The molecular formula is C45H81NO18. The van der Waals surface area contributed by atoms with E-state index in [1.54, 1.807) is 6.08 Å². The van der Waals surface area contributed by atoms with E-state index in [0.29, 0.717) is 12.8 Å². The summed E-state index contributed by atoms with van der Waals surface area (Å²) in [6.45, 7) is 1.57. The van der Waals surface area contributed by atoms with E-state index < -0.39 is 124 Å². The van der Waals surface area contributed by atoms with Gasteiger partial charge in [-0.2, -0.15) is 0 Å². The average Bonchev–Trinajstić information content (AvgIpc) is 3.29. The monoisotopic (exact) mass is 924 g/mol. The number of unbranched alkanes of at least 4 members (excludes halogenated alkanes) is 13. The Labute approximate surface area is 378 Å². The van der Waals surface area contributed by atoms with Crippen molar-refractivity contribution in [3.05, 3.63) is 24.3 Å². The van der Waals surface area contributed by atoms with Crippen LogP contribution in [0.5, 0.6) is 0 Å². The molecule has 3 aliphatic heterocycles. The number of nitrogens with one attached hydrogen (secondary N) is 1. The van der Waals surface area contributed by atoms with Crippen LogP contribution in [-0.4, -0.2) is 193 Å². The van der Waals surface area contributed by atoms with Crippen molar-refractivity contribution in [2.75, 3.05) is 26.4 Å². The molecule has 0 bridgehead atoms. The van der Waals surface area contributed by atoms with Crippen molar-refractivity contribution >= 4 is 5.91 Å². The van der Waals surface area contributed by atoms with Crippen LogP contribution in [0, 0.1) is 0 Å². The largest absolute Gasteiger partial charge is 0.394 e. The lowest BCUT2D eigenvalue weighted by molar-refractivity contribution is -0.379. The Morgan fingerprint density at radius 1 is 0.547 bits per heavy atom.